The first-order valence-electron chi connectivity index (χ1n) is 4.59. The van der Waals surface area contributed by atoms with Crippen molar-refractivity contribution in [3.63, 3.8) is 0 Å². The Morgan fingerprint density at radius 3 is 2.44 bits per heavy atom. The third-order valence-electron chi connectivity index (χ3n) is 1.99. The molecule has 0 radical (unpaired) electrons. The van der Waals surface area contributed by atoms with Gasteiger partial charge < -0.3 is 9.84 Å². The van der Waals surface area contributed by atoms with Gasteiger partial charge in [0.05, 0.1) is 0 Å². The van der Waals surface area contributed by atoms with Gasteiger partial charge in [0.15, 0.2) is 17.5 Å². The molecule has 0 heterocycles. The average molecular weight is 270 g/mol. The van der Waals surface area contributed by atoms with Crippen molar-refractivity contribution in [1.82, 2.24) is 0 Å². The standard InChI is InChI=1S/C10H7F5O3/c11-5-1-2-7(12)8(3-5)18-4-6(9(16)17)10(13,14)15/h1-3,6H,4H2,(H,16,17). The molecule has 0 saturated heterocycles. The fraction of sp³-hybridized carbons (Fsp3) is 0.300. The monoisotopic (exact) mass is 270 g/mol. The molecule has 0 amide bonds. The molecule has 1 aromatic rings. The lowest BCUT2D eigenvalue weighted by atomic mass is 10.1. The van der Waals surface area contributed by atoms with E-state index in [0.717, 1.165) is 6.07 Å². The number of hydrogen-bond donors (Lipinski definition) is 1. The molecule has 18 heavy (non-hydrogen) atoms. The lowest BCUT2D eigenvalue weighted by Gasteiger charge is -2.16. The van der Waals surface area contributed by atoms with E-state index >= 15 is 0 Å². The topological polar surface area (TPSA) is 46.5 Å². The molecule has 0 bridgehead atoms. The van der Waals surface area contributed by atoms with Crippen LogP contribution in [0.15, 0.2) is 18.2 Å². The molecule has 0 aliphatic carbocycles. The van der Waals surface area contributed by atoms with Gasteiger partial charge in [-0.15, -0.1) is 0 Å². The van der Waals surface area contributed by atoms with Gasteiger partial charge in [0.2, 0.25) is 0 Å². The summed E-state index contributed by atoms with van der Waals surface area (Å²) in [4.78, 5) is 10.4. The first-order valence-corrected chi connectivity index (χ1v) is 4.59. The fourth-order valence-corrected chi connectivity index (χ4v) is 1.07. The summed E-state index contributed by atoms with van der Waals surface area (Å²) in [6, 6.07) is 1.94. The number of carbonyl (C=O) groups is 1. The molecule has 1 atom stereocenters. The molecule has 100 valence electrons. The summed E-state index contributed by atoms with van der Waals surface area (Å²) in [7, 11) is 0. The van der Waals surface area contributed by atoms with Gasteiger partial charge in [-0.05, 0) is 12.1 Å². The Morgan fingerprint density at radius 2 is 1.94 bits per heavy atom. The maximum absolute atomic E-state index is 13.0. The van der Waals surface area contributed by atoms with Gasteiger partial charge in [-0.25, -0.2) is 8.78 Å². The Morgan fingerprint density at radius 1 is 1.33 bits per heavy atom. The molecule has 1 aromatic carbocycles. The van der Waals surface area contributed by atoms with E-state index in [9.17, 15) is 26.7 Å². The Hall–Kier alpha value is -1.86. The van der Waals surface area contributed by atoms with Crippen molar-refractivity contribution < 1.29 is 36.6 Å². The van der Waals surface area contributed by atoms with E-state index in [1.54, 1.807) is 0 Å². The zero-order chi connectivity index (χ0) is 13.9. The Balaban J connectivity index is 2.79. The van der Waals surface area contributed by atoms with E-state index in [0.29, 0.717) is 12.1 Å². The van der Waals surface area contributed by atoms with E-state index in [4.69, 9.17) is 5.11 Å². The Kier molecular flexibility index (Phi) is 4.10. The molecule has 1 unspecified atom stereocenters. The summed E-state index contributed by atoms with van der Waals surface area (Å²) in [5.74, 6) is -7.72. The average Bonchev–Trinajstić information content (AvgIpc) is 2.20. The first-order chi connectivity index (χ1) is 8.21. The normalized spacial score (nSPS) is 13.2. The van der Waals surface area contributed by atoms with Gasteiger partial charge in [-0.2, -0.15) is 13.2 Å². The van der Waals surface area contributed by atoms with Gasteiger partial charge >= 0.3 is 12.1 Å². The van der Waals surface area contributed by atoms with E-state index in [2.05, 4.69) is 4.74 Å². The maximum atomic E-state index is 13.0. The van der Waals surface area contributed by atoms with Gasteiger partial charge in [-0.3, -0.25) is 4.79 Å². The third-order valence-corrected chi connectivity index (χ3v) is 1.99. The van der Waals surface area contributed by atoms with Crippen molar-refractivity contribution in [3.05, 3.63) is 29.8 Å². The van der Waals surface area contributed by atoms with Crippen LogP contribution >= 0.6 is 0 Å². The van der Waals surface area contributed by atoms with Gasteiger partial charge in [-0.1, -0.05) is 0 Å². The minimum Gasteiger partial charge on any atom is -0.489 e. The SMILES string of the molecule is O=C(O)C(COc1cc(F)ccc1F)C(F)(F)F. The number of carboxylic acid groups (broad SMARTS) is 1. The van der Waals surface area contributed by atoms with Crippen LogP contribution < -0.4 is 4.74 Å². The predicted octanol–water partition coefficient (Wildman–Crippen LogP) is 2.61. The smallest absolute Gasteiger partial charge is 0.405 e. The van der Waals surface area contributed by atoms with Crippen molar-refractivity contribution in [2.24, 2.45) is 5.92 Å². The number of alkyl halides is 3. The minimum absolute atomic E-state index is 0.532. The molecule has 0 aromatic heterocycles. The molecule has 0 saturated carbocycles. The highest BCUT2D eigenvalue weighted by Gasteiger charge is 2.45. The number of hydrogen-bond acceptors (Lipinski definition) is 2. The maximum Gasteiger partial charge on any atom is 0.405 e. The molecule has 0 spiro atoms. The molecule has 3 nitrogen and oxygen atoms in total. The second kappa shape index (κ2) is 5.19. The second-order valence-electron chi connectivity index (χ2n) is 3.32. The zero-order valence-electron chi connectivity index (χ0n) is 8.67. The van der Waals surface area contributed by atoms with Crippen LogP contribution in [0.25, 0.3) is 0 Å². The number of ether oxygens (including phenoxy) is 1. The molecule has 8 heteroatoms. The molecule has 1 rings (SSSR count). The number of halogens is 5. The van der Waals surface area contributed by atoms with Crippen LogP contribution in [0.4, 0.5) is 22.0 Å². The highest BCUT2D eigenvalue weighted by molar-refractivity contribution is 5.71. The minimum atomic E-state index is -5.03. The zero-order valence-corrected chi connectivity index (χ0v) is 8.67. The summed E-state index contributed by atoms with van der Waals surface area (Å²) in [6.07, 6.45) is -5.03. The van der Waals surface area contributed by atoms with Gasteiger partial charge in [0.25, 0.3) is 0 Å². The Bertz CT molecular complexity index is 444. The van der Waals surface area contributed by atoms with Crippen molar-refractivity contribution in [2.45, 2.75) is 6.18 Å². The highest BCUT2D eigenvalue weighted by atomic mass is 19.4. The van der Waals surface area contributed by atoms with Crippen molar-refractivity contribution in [1.29, 1.82) is 0 Å². The van der Waals surface area contributed by atoms with E-state index in [1.807, 2.05) is 0 Å². The molecule has 0 fully saturated rings. The predicted molar refractivity (Wildman–Crippen MR) is 49.0 cm³/mol. The van der Waals surface area contributed by atoms with E-state index < -0.39 is 42.1 Å². The summed E-state index contributed by atoms with van der Waals surface area (Å²) < 4.78 is 66.7. The largest absolute Gasteiger partial charge is 0.489 e. The quantitative estimate of drug-likeness (QED) is 0.855. The number of benzene rings is 1. The molecular weight excluding hydrogens is 263 g/mol. The van der Waals surface area contributed by atoms with Crippen LogP contribution in [0, 0.1) is 17.6 Å². The number of rotatable bonds is 4. The summed E-state index contributed by atoms with van der Waals surface area (Å²) in [5.41, 5.74) is 0. The lowest BCUT2D eigenvalue weighted by molar-refractivity contribution is -0.198. The lowest BCUT2D eigenvalue weighted by Crippen LogP contribution is -2.35. The molecule has 0 aliphatic heterocycles. The van der Waals surface area contributed by atoms with Gasteiger partial charge in [0.1, 0.15) is 12.4 Å². The van der Waals surface area contributed by atoms with Crippen LogP contribution in [0.1, 0.15) is 0 Å². The summed E-state index contributed by atoms with van der Waals surface area (Å²) in [6.45, 7) is -1.33. The molecule has 1 N–H and O–H groups in total. The van der Waals surface area contributed by atoms with Crippen LogP contribution in [-0.2, 0) is 4.79 Å². The number of carboxylic acids is 1. The van der Waals surface area contributed by atoms with E-state index in [-0.39, 0.29) is 0 Å². The van der Waals surface area contributed by atoms with Crippen LogP contribution in [0.5, 0.6) is 5.75 Å². The summed E-state index contributed by atoms with van der Waals surface area (Å²) >= 11 is 0. The second-order valence-corrected chi connectivity index (χ2v) is 3.32. The van der Waals surface area contributed by atoms with Gasteiger partial charge in [0, 0.05) is 6.07 Å². The third kappa shape index (κ3) is 3.57. The van der Waals surface area contributed by atoms with E-state index in [1.165, 1.54) is 0 Å². The summed E-state index contributed by atoms with van der Waals surface area (Å²) in [5, 5.41) is 8.34. The highest BCUT2D eigenvalue weighted by Crippen LogP contribution is 2.28. The molecular formula is C10H7F5O3. The first kappa shape index (κ1) is 14.2. The van der Waals surface area contributed by atoms with Crippen molar-refractivity contribution in [3.8, 4) is 5.75 Å². The van der Waals surface area contributed by atoms with Crippen molar-refractivity contribution in [2.75, 3.05) is 6.61 Å². The van der Waals surface area contributed by atoms with Crippen molar-refractivity contribution >= 4 is 5.97 Å². The Labute approximate surface area is 97.8 Å². The van der Waals surface area contributed by atoms with Crippen LogP contribution in [0.3, 0.4) is 0 Å². The number of aliphatic carboxylic acids is 1. The fourth-order valence-electron chi connectivity index (χ4n) is 1.07. The molecule has 0 aliphatic rings. The van der Waals surface area contributed by atoms with Crippen LogP contribution in [-0.4, -0.2) is 23.9 Å². The van der Waals surface area contributed by atoms with Crippen LogP contribution in [0.2, 0.25) is 0 Å².